The van der Waals surface area contributed by atoms with Crippen molar-refractivity contribution in [1.29, 1.82) is 0 Å². The average Bonchev–Trinajstić information content (AvgIpc) is 2.76. The molecule has 0 N–H and O–H groups in total. The van der Waals surface area contributed by atoms with Crippen molar-refractivity contribution in [2.45, 2.75) is 33.1 Å². The van der Waals surface area contributed by atoms with E-state index in [0.717, 1.165) is 11.1 Å². The molecular weight excluding hydrogens is 224 g/mol. The number of hydrogen-bond donors (Lipinski definition) is 0. The molecule has 0 unspecified atom stereocenters. The standard InChI is InChI=1S/C16H18O2/c1-11(2)14-6-4-13(5-7-14)10-15(17)16-12(3)8-9-18-16/h4-9,11H,10H2,1-3H3. The van der Waals surface area contributed by atoms with Crippen LogP contribution < -0.4 is 0 Å². The molecule has 0 aliphatic carbocycles. The molecule has 0 radical (unpaired) electrons. The van der Waals surface area contributed by atoms with Crippen molar-refractivity contribution in [3.05, 3.63) is 59.0 Å². The molecule has 94 valence electrons. The predicted octanol–water partition coefficient (Wildman–Crippen LogP) is 4.14. The number of furan rings is 1. The SMILES string of the molecule is Cc1ccoc1C(=O)Cc1ccc(C(C)C)cc1. The summed E-state index contributed by atoms with van der Waals surface area (Å²) in [6.45, 7) is 6.21. The Morgan fingerprint density at radius 1 is 1.17 bits per heavy atom. The monoisotopic (exact) mass is 242 g/mol. The van der Waals surface area contributed by atoms with Crippen LogP contribution in [-0.4, -0.2) is 5.78 Å². The lowest BCUT2D eigenvalue weighted by atomic mass is 9.99. The number of carbonyl (C=O) groups is 1. The van der Waals surface area contributed by atoms with E-state index in [1.54, 1.807) is 6.26 Å². The summed E-state index contributed by atoms with van der Waals surface area (Å²) in [5.74, 6) is 1.03. The van der Waals surface area contributed by atoms with Crippen molar-refractivity contribution in [3.63, 3.8) is 0 Å². The molecule has 1 aromatic heterocycles. The summed E-state index contributed by atoms with van der Waals surface area (Å²) in [6.07, 6.45) is 1.96. The molecule has 0 aliphatic heterocycles. The van der Waals surface area contributed by atoms with Gasteiger partial charge in [0.1, 0.15) is 0 Å². The first-order valence-electron chi connectivity index (χ1n) is 6.24. The topological polar surface area (TPSA) is 30.2 Å². The maximum Gasteiger partial charge on any atom is 0.202 e. The lowest BCUT2D eigenvalue weighted by molar-refractivity contribution is 0.0965. The van der Waals surface area contributed by atoms with Crippen molar-refractivity contribution in [1.82, 2.24) is 0 Å². The molecule has 0 saturated heterocycles. The van der Waals surface area contributed by atoms with Crippen LogP contribution in [0.15, 0.2) is 41.0 Å². The summed E-state index contributed by atoms with van der Waals surface area (Å²) in [5.41, 5.74) is 3.22. The van der Waals surface area contributed by atoms with Gasteiger partial charge >= 0.3 is 0 Å². The highest BCUT2D eigenvalue weighted by molar-refractivity contribution is 5.96. The van der Waals surface area contributed by atoms with Gasteiger partial charge in [-0.2, -0.15) is 0 Å². The Labute approximate surface area is 108 Å². The molecule has 2 rings (SSSR count). The second-order valence-electron chi connectivity index (χ2n) is 4.93. The molecule has 2 nitrogen and oxygen atoms in total. The number of Topliss-reactive ketones (excluding diaryl/α,β-unsaturated/α-hetero) is 1. The molecule has 0 aliphatic rings. The minimum atomic E-state index is 0.0368. The Hall–Kier alpha value is -1.83. The zero-order valence-corrected chi connectivity index (χ0v) is 11.1. The van der Waals surface area contributed by atoms with Gasteiger partial charge in [-0.15, -0.1) is 0 Å². The summed E-state index contributed by atoms with van der Waals surface area (Å²) in [4.78, 5) is 12.0. The normalized spacial score (nSPS) is 10.9. The second kappa shape index (κ2) is 5.21. The van der Waals surface area contributed by atoms with Crippen LogP contribution in [0.3, 0.4) is 0 Å². The van der Waals surface area contributed by atoms with E-state index < -0.39 is 0 Å². The van der Waals surface area contributed by atoms with E-state index in [-0.39, 0.29) is 5.78 Å². The van der Waals surface area contributed by atoms with Crippen molar-refractivity contribution in [3.8, 4) is 0 Å². The maximum atomic E-state index is 12.0. The molecule has 0 bridgehead atoms. The van der Waals surface area contributed by atoms with Crippen molar-refractivity contribution < 1.29 is 9.21 Å². The number of rotatable bonds is 4. The molecule has 1 heterocycles. The second-order valence-corrected chi connectivity index (χ2v) is 4.93. The van der Waals surface area contributed by atoms with E-state index in [1.807, 2.05) is 25.1 Å². The highest BCUT2D eigenvalue weighted by atomic mass is 16.3. The Bertz CT molecular complexity index is 532. The van der Waals surface area contributed by atoms with Gasteiger partial charge in [0.05, 0.1) is 6.26 Å². The molecule has 0 fully saturated rings. The minimum Gasteiger partial charge on any atom is -0.461 e. The molecular formula is C16H18O2. The third-order valence-electron chi connectivity index (χ3n) is 3.13. The number of hydrogen-bond acceptors (Lipinski definition) is 2. The van der Waals surface area contributed by atoms with E-state index >= 15 is 0 Å². The molecule has 0 atom stereocenters. The van der Waals surface area contributed by atoms with Gasteiger partial charge < -0.3 is 4.42 Å². The molecule has 0 spiro atoms. The fraction of sp³-hybridized carbons (Fsp3) is 0.312. The van der Waals surface area contributed by atoms with E-state index in [2.05, 4.69) is 26.0 Å². The molecule has 1 aromatic carbocycles. The van der Waals surface area contributed by atoms with Gasteiger partial charge in [0.25, 0.3) is 0 Å². The predicted molar refractivity (Wildman–Crippen MR) is 72.0 cm³/mol. The van der Waals surface area contributed by atoms with Gasteiger partial charge in [0, 0.05) is 6.42 Å². The fourth-order valence-corrected chi connectivity index (χ4v) is 1.94. The van der Waals surface area contributed by atoms with Gasteiger partial charge in [-0.05, 0) is 35.6 Å². The molecule has 0 amide bonds. The summed E-state index contributed by atoms with van der Waals surface area (Å²) in [7, 11) is 0. The summed E-state index contributed by atoms with van der Waals surface area (Å²) in [5, 5.41) is 0. The number of carbonyl (C=O) groups excluding carboxylic acids is 1. The molecule has 18 heavy (non-hydrogen) atoms. The van der Waals surface area contributed by atoms with E-state index in [0.29, 0.717) is 18.1 Å². The highest BCUT2D eigenvalue weighted by Gasteiger charge is 2.13. The fourth-order valence-electron chi connectivity index (χ4n) is 1.94. The molecule has 2 aromatic rings. The van der Waals surface area contributed by atoms with Crippen LogP contribution in [0.4, 0.5) is 0 Å². The van der Waals surface area contributed by atoms with Crippen LogP contribution in [0.5, 0.6) is 0 Å². The van der Waals surface area contributed by atoms with Crippen LogP contribution >= 0.6 is 0 Å². The summed E-state index contributed by atoms with van der Waals surface area (Å²) < 4.78 is 5.21. The quantitative estimate of drug-likeness (QED) is 0.754. The third-order valence-corrected chi connectivity index (χ3v) is 3.13. The summed E-state index contributed by atoms with van der Waals surface area (Å²) >= 11 is 0. The van der Waals surface area contributed by atoms with Crippen molar-refractivity contribution >= 4 is 5.78 Å². The van der Waals surface area contributed by atoms with E-state index in [4.69, 9.17) is 4.42 Å². The van der Waals surface area contributed by atoms with E-state index in [1.165, 1.54) is 5.56 Å². The van der Waals surface area contributed by atoms with Crippen molar-refractivity contribution in [2.24, 2.45) is 0 Å². The third kappa shape index (κ3) is 2.70. The van der Waals surface area contributed by atoms with Crippen LogP contribution in [-0.2, 0) is 6.42 Å². The lowest BCUT2D eigenvalue weighted by Gasteiger charge is -2.06. The molecule has 0 saturated carbocycles. The van der Waals surface area contributed by atoms with Crippen LogP contribution in [0.2, 0.25) is 0 Å². The zero-order valence-electron chi connectivity index (χ0n) is 11.1. The lowest BCUT2D eigenvalue weighted by Crippen LogP contribution is -2.03. The first-order chi connectivity index (χ1) is 8.58. The summed E-state index contributed by atoms with van der Waals surface area (Å²) in [6, 6.07) is 10.0. The number of aryl methyl sites for hydroxylation is 1. The Morgan fingerprint density at radius 2 is 1.83 bits per heavy atom. The highest BCUT2D eigenvalue weighted by Crippen LogP contribution is 2.17. The van der Waals surface area contributed by atoms with Gasteiger partial charge in [-0.3, -0.25) is 4.79 Å². The molecule has 2 heteroatoms. The van der Waals surface area contributed by atoms with Gasteiger partial charge in [0.2, 0.25) is 5.78 Å². The van der Waals surface area contributed by atoms with Gasteiger partial charge in [-0.1, -0.05) is 38.1 Å². The largest absolute Gasteiger partial charge is 0.461 e. The van der Waals surface area contributed by atoms with Crippen LogP contribution in [0, 0.1) is 6.92 Å². The Kier molecular flexibility index (Phi) is 3.66. The Morgan fingerprint density at radius 3 is 2.33 bits per heavy atom. The van der Waals surface area contributed by atoms with Crippen molar-refractivity contribution in [2.75, 3.05) is 0 Å². The van der Waals surface area contributed by atoms with Gasteiger partial charge in [-0.25, -0.2) is 0 Å². The van der Waals surface area contributed by atoms with E-state index in [9.17, 15) is 4.79 Å². The Balaban J connectivity index is 2.10. The first kappa shape index (κ1) is 12.6. The van der Waals surface area contributed by atoms with Gasteiger partial charge in [0.15, 0.2) is 5.76 Å². The minimum absolute atomic E-state index is 0.0368. The number of benzene rings is 1. The zero-order chi connectivity index (χ0) is 13.1. The number of ketones is 1. The average molecular weight is 242 g/mol. The smallest absolute Gasteiger partial charge is 0.202 e. The van der Waals surface area contributed by atoms with Crippen LogP contribution in [0.25, 0.3) is 0 Å². The van der Waals surface area contributed by atoms with Crippen LogP contribution in [0.1, 0.15) is 47.0 Å². The maximum absolute atomic E-state index is 12.0. The first-order valence-corrected chi connectivity index (χ1v) is 6.24.